The Balaban J connectivity index is 2.08. The minimum atomic E-state index is -3.82. The molecule has 1 aromatic rings. The van der Waals surface area contributed by atoms with E-state index in [1.807, 2.05) is 0 Å². The summed E-state index contributed by atoms with van der Waals surface area (Å²) >= 11 is 2.98. The van der Waals surface area contributed by atoms with Crippen LogP contribution < -0.4 is 4.72 Å². The molecule has 2 rings (SSSR count). The first-order valence-corrected chi connectivity index (χ1v) is 9.27. The molecule has 1 fully saturated rings. The van der Waals surface area contributed by atoms with Gasteiger partial charge in [-0.15, -0.1) is 0 Å². The summed E-state index contributed by atoms with van der Waals surface area (Å²) in [7, 11) is -3.82. The van der Waals surface area contributed by atoms with Crippen LogP contribution in [0.1, 0.15) is 38.5 Å². The summed E-state index contributed by atoms with van der Waals surface area (Å²) in [6.07, 6.45) is 5.09. The Morgan fingerprint density at radius 3 is 2.43 bits per heavy atom. The Labute approximate surface area is 132 Å². The van der Waals surface area contributed by atoms with Crippen LogP contribution in [0.2, 0.25) is 0 Å². The van der Waals surface area contributed by atoms with E-state index in [1.54, 1.807) is 0 Å². The maximum absolute atomic E-state index is 13.4. The number of hydrogen-bond donors (Lipinski definition) is 2. The molecule has 0 saturated heterocycles. The SMILES string of the molecule is O=S(=O)(NCC1(O)CCCCCC1)c1ccc(Br)c(F)c1. The lowest BCUT2D eigenvalue weighted by Crippen LogP contribution is -2.42. The fourth-order valence-corrected chi connectivity index (χ4v) is 3.90. The van der Waals surface area contributed by atoms with Crippen molar-refractivity contribution in [1.82, 2.24) is 4.72 Å². The molecule has 1 aliphatic rings. The van der Waals surface area contributed by atoms with E-state index in [4.69, 9.17) is 0 Å². The molecule has 0 spiro atoms. The first-order chi connectivity index (χ1) is 9.82. The molecule has 0 amide bonds. The third-order valence-electron chi connectivity index (χ3n) is 3.83. The Morgan fingerprint density at radius 1 is 1.24 bits per heavy atom. The van der Waals surface area contributed by atoms with E-state index in [1.165, 1.54) is 12.1 Å². The molecule has 1 aliphatic carbocycles. The monoisotopic (exact) mass is 379 g/mol. The lowest BCUT2D eigenvalue weighted by Gasteiger charge is -2.26. The zero-order chi connectivity index (χ0) is 15.5. The van der Waals surface area contributed by atoms with Crippen LogP contribution in [0.25, 0.3) is 0 Å². The molecule has 0 aliphatic heterocycles. The predicted molar refractivity (Wildman–Crippen MR) is 81.9 cm³/mol. The number of aliphatic hydroxyl groups is 1. The van der Waals surface area contributed by atoms with Gasteiger partial charge in [-0.25, -0.2) is 17.5 Å². The number of hydrogen-bond acceptors (Lipinski definition) is 3. The van der Waals surface area contributed by atoms with Crippen molar-refractivity contribution in [3.63, 3.8) is 0 Å². The Hall–Kier alpha value is -0.500. The van der Waals surface area contributed by atoms with Crippen molar-refractivity contribution in [2.45, 2.75) is 49.0 Å². The minimum Gasteiger partial charge on any atom is -0.389 e. The molecular weight excluding hydrogens is 361 g/mol. The van der Waals surface area contributed by atoms with Crippen molar-refractivity contribution in [1.29, 1.82) is 0 Å². The van der Waals surface area contributed by atoms with Gasteiger partial charge in [0.1, 0.15) is 5.82 Å². The fourth-order valence-electron chi connectivity index (χ4n) is 2.52. The lowest BCUT2D eigenvalue weighted by atomic mass is 9.95. The highest BCUT2D eigenvalue weighted by molar-refractivity contribution is 9.10. The maximum Gasteiger partial charge on any atom is 0.240 e. The van der Waals surface area contributed by atoms with Gasteiger partial charge in [-0.05, 0) is 47.0 Å². The first kappa shape index (κ1) is 16.9. The average Bonchev–Trinajstić information content (AvgIpc) is 2.65. The van der Waals surface area contributed by atoms with Crippen molar-refractivity contribution in [3.05, 3.63) is 28.5 Å². The van der Waals surface area contributed by atoms with E-state index >= 15 is 0 Å². The van der Waals surface area contributed by atoms with Gasteiger partial charge in [0.05, 0.1) is 15.0 Å². The maximum atomic E-state index is 13.4. The van der Waals surface area contributed by atoms with Crippen molar-refractivity contribution < 1.29 is 17.9 Å². The zero-order valence-corrected chi connectivity index (χ0v) is 14.0. The summed E-state index contributed by atoms with van der Waals surface area (Å²) in [5.41, 5.74) is -1.00. The average molecular weight is 380 g/mol. The molecule has 1 saturated carbocycles. The number of halogens is 2. The van der Waals surface area contributed by atoms with Gasteiger partial charge in [0.2, 0.25) is 10.0 Å². The van der Waals surface area contributed by atoms with Crippen molar-refractivity contribution >= 4 is 26.0 Å². The quantitative estimate of drug-likeness (QED) is 0.790. The third kappa shape index (κ3) is 4.48. The Bertz CT molecular complexity index is 598. The van der Waals surface area contributed by atoms with Crippen LogP contribution in [0.15, 0.2) is 27.6 Å². The van der Waals surface area contributed by atoms with Crippen LogP contribution in [0.5, 0.6) is 0 Å². The van der Waals surface area contributed by atoms with Gasteiger partial charge in [-0.2, -0.15) is 0 Å². The Kier molecular flexibility index (Phi) is 5.40. The number of benzene rings is 1. The topological polar surface area (TPSA) is 66.4 Å². The zero-order valence-electron chi connectivity index (χ0n) is 11.6. The van der Waals surface area contributed by atoms with Crippen LogP contribution in [-0.4, -0.2) is 25.7 Å². The molecule has 7 heteroatoms. The van der Waals surface area contributed by atoms with Gasteiger partial charge in [0.15, 0.2) is 0 Å². The van der Waals surface area contributed by atoms with Crippen LogP contribution in [0.3, 0.4) is 0 Å². The largest absolute Gasteiger partial charge is 0.389 e. The second-order valence-electron chi connectivity index (χ2n) is 5.54. The number of sulfonamides is 1. The van der Waals surface area contributed by atoms with E-state index < -0.39 is 21.4 Å². The highest BCUT2D eigenvalue weighted by Crippen LogP contribution is 2.27. The molecule has 0 heterocycles. The van der Waals surface area contributed by atoms with Crippen molar-refractivity contribution in [2.75, 3.05) is 6.54 Å². The molecule has 2 N–H and O–H groups in total. The van der Waals surface area contributed by atoms with Crippen LogP contribution in [-0.2, 0) is 10.0 Å². The molecule has 0 radical (unpaired) electrons. The predicted octanol–water partition coefficient (Wildman–Crippen LogP) is 2.95. The van der Waals surface area contributed by atoms with Gasteiger partial charge in [-0.1, -0.05) is 25.7 Å². The summed E-state index contributed by atoms with van der Waals surface area (Å²) in [5, 5.41) is 10.5. The van der Waals surface area contributed by atoms with Gasteiger partial charge in [0.25, 0.3) is 0 Å². The van der Waals surface area contributed by atoms with E-state index in [-0.39, 0.29) is 15.9 Å². The smallest absolute Gasteiger partial charge is 0.240 e. The van der Waals surface area contributed by atoms with Gasteiger partial charge >= 0.3 is 0 Å². The molecule has 4 nitrogen and oxygen atoms in total. The molecule has 0 unspecified atom stereocenters. The van der Waals surface area contributed by atoms with Gasteiger partial charge in [-0.3, -0.25) is 0 Å². The second kappa shape index (κ2) is 6.73. The molecule has 0 bridgehead atoms. The van der Waals surface area contributed by atoms with Crippen LogP contribution >= 0.6 is 15.9 Å². The molecule has 21 heavy (non-hydrogen) atoms. The molecule has 0 atom stereocenters. The highest BCUT2D eigenvalue weighted by Gasteiger charge is 2.30. The number of rotatable bonds is 4. The third-order valence-corrected chi connectivity index (χ3v) is 5.87. The van der Waals surface area contributed by atoms with E-state index in [2.05, 4.69) is 20.7 Å². The second-order valence-corrected chi connectivity index (χ2v) is 8.16. The standard InChI is InChI=1S/C14H19BrFNO3S/c15-12-6-5-11(9-13(12)16)21(19,20)17-10-14(18)7-3-1-2-4-8-14/h5-6,9,17-18H,1-4,7-8,10H2. The molecule has 118 valence electrons. The summed E-state index contributed by atoms with van der Waals surface area (Å²) < 4.78 is 40.4. The van der Waals surface area contributed by atoms with Crippen molar-refractivity contribution in [2.24, 2.45) is 0 Å². The van der Waals surface area contributed by atoms with E-state index in [0.717, 1.165) is 31.7 Å². The first-order valence-electron chi connectivity index (χ1n) is 7.00. The van der Waals surface area contributed by atoms with E-state index in [9.17, 15) is 17.9 Å². The number of nitrogens with one attached hydrogen (secondary N) is 1. The Morgan fingerprint density at radius 2 is 1.86 bits per heavy atom. The van der Waals surface area contributed by atoms with E-state index in [0.29, 0.717) is 12.8 Å². The fraction of sp³-hybridized carbons (Fsp3) is 0.571. The lowest BCUT2D eigenvalue weighted by molar-refractivity contribution is 0.0303. The van der Waals surface area contributed by atoms with Crippen LogP contribution in [0.4, 0.5) is 4.39 Å². The van der Waals surface area contributed by atoms with Gasteiger partial charge in [0, 0.05) is 6.54 Å². The molecular formula is C14H19BrFNO3S. The minimum absolute atomic E-state index is 0.0347. The summed E-state index contributed by atoms with van der Waals surface area (Å²) in [4.78, 5) is -0.138. The summed E-state index contributed by atoms with van der Waals surface area (Å²) in [5.74, 6) is -0.633. The normalized spacial score (nSPS) is 19.2. The van der Waals surface area contributed by atoms with Gasteiger partial charge < -0.3 is 5.11 Å². The summed E-state index contributed by atoms with van der Waals surface area (Å²) in [6.45, 7) is -0.0347. The van der Waals surface area contributed by atoms with Crippen molar-refractivity contribution in [3.8, 4) is 0 Å². The molecule has 0 aromatic heterocycles. The molecule has 1 aromatic carbocycles. The van der Waals surface area contributed by atoms with Crippen LogP contribution in [0, 0.1) is 5.82 Å². The highest BCUT2D eigenvalue weighted by atomic mass is 79.9. The summed E-state index contributed by atoms with van der Waals surface area (Å²) in [6, 6.07) is 3.64.